The molecule has 0 unspecified atom stereocenters. The molecule has 0 aliphatic rings. The van der Waals surface area contributed by atoms with Crippen molar-refractivity contribution in [3.05, 3.63) is 0 Å². The van der Waals surface area contributed by atoms with E-state index in [9.17, 15) is 9.59 Å². The van der Waals surface area contributed by atoms with Gasteiger partial charge in [0.25, 0.3) is 0 Å². The van der Waals surface area contributed by atoms with E-state index in [1.54, 1.807) is 0 Å². The van der Waals surface area contributed by atoms with Gasteiger partial charge in [0, 0.05) is 0 Å². The molecule has 0 aliphatic carbocycles. The maximum absolute atomic E-state index is 10.8. The van der Waals surface area contributed by atoms with Gasteiger partial charge in [0.2, 0.25) is 0 Å². The number of ether oxygens (including phenoxy) is 2. The average molecular weight is 191 g/mol. The third kappa shape index (κ3) is 5.02. The van der Waals surface area contributed by atoms with E-state index in [4.69, 9.17) is 5.11 Å². The minimum Gasteiger partial charge on any atom is -0.467 e. The standard InChI is InChI=1S/C7H13NO5/c1-5(6(10)12-2)8-7(11)13-4-3-9/h5,9H,3-4H2,1-2H3,(H,8,11)/t5-/m0/s1. The van der Waals surface area contributed by atoms with Gasteiger partial charge in [0.05, 0.1) is 13.7 Å². The van der Waals surface area contributed by atoms with Gasteiger partial charge in [-0.15, -0.1) is 0 Å². The highest BCUT2D eigenvalue weighted by Crippen LogP contribution is 1.87. The van der Waals surface area contributed by atoms with Crippen LogP contribution < -0.4 is 5.32 Å². The van der Waals surface area contributed by atoms with Crippen LogP contribution in [0, 0.1) is 0 Å². The second-order valence-electron chi connectivity index (χ2n) is 2.25. The van der Waals surface area contributed by atoms with Crippen molar-refractivity contribution in [1.82, 2.24) is 5.32 Å². The van der Waals surface area contributed by atoms with E-state index >= 15 is 0 Å². The summed E-state index contributed by atoms with van der Waals surface area (Å²) in [5.74, 6) is -0.555. The molecule has 0 saturated carbocycles. The van der Waals surface area contributed by atoms with Crippen molar-refractivity contribution < 1.29 is 24.2 Å². The number of rotatable bonds is 4. The van der Waals surface area contributed by atoms with Crippen molar-refractivity contribution in [1.29, 1.82) is 0 Å². The molecule has 76 valence electrons. The summed E-state index contributed by atoms with van der Waals surface area (Å²) in [6.07, 6.45) is -0.757. The van der Waals surface area contributed by atoms with Gasteiger partial charge in [0.15, 0.2) is 0 Å². The number of methoxy groups -OCH3 is 1. The first-order chi connectivity index (χ1) is 6.11. The highest BCUT2D eigenvalue weighted by Gasteiger charge is 2.15. The SMILES string of the molecule is COC(=O)[C@H](C)NC(=O)OCCO. The summed E-state index contributed by atoms with van der Waals surface area (Å²) in [6, 6.07) is -0.754. The molecule has 13 heavy (non-hydrogen) atoms. The van der Waals surface area contributed by atoms with E-state index in [2.05, 4.69) is 14.8 Å². The number of hydrogen-bond donors (Lipinski definition) is 2. The van der Waals surface area contributed by atoms with E-state index in [1.807, 2.05) is 0 Å². The Hall–Kier alpha value is -1.30. The quantitative estimate of drug-likeness (QED) is 0.572. The molecule has 0 aliphatic heterocycles. The van der Waals surface area contributed by atoms with Crippen LogP contribution in [-0.2, 0) is 14.3 Å². The largest absolute Gasteiger partial charge is 0.467 e. The number of carbonyl (C=O) groups excluding carboxylic acids is 2. The molecule has 0 aromatic heterocycles. The zero-order valence-electron chi connectivity index (χ0n) is 7.57. The summed E-state index contributed by atoms with van der Waals surface area (Å²) in [5, 5.41) is 10.5. The number of hydrogen-bond acceptors (Lipinski definition) is 5. The van der Waals surface area contributed by atoms with Crippen LogP contribution in [0.3, 0.4) is 0 Å². The molecule has 0 aromatic carbocycles. The van der Waals surface area contributed by atoms with Crippen LogP contribution in [0.25, 0.3) is 0 Å². The number of amides is 1. The Balaban J connectivity index is 3.71. The molecule has 0 radical (unpaired) electrons. The fraction of sp³-hybridized carbons (Fsp3) is 0.714. The number of nitrogens with one attached hydrogen (secondary N) is 1. The van der Waals surface area contributed by atoms with Crippen molar-refractivity contribution in [2.45, 2.75) is 13.0 Å². The third-order valence-electron chi connectivity index (χ3n) is 1.21. The molecule has 0 heterocycles. The molecule has 0 aromatic rings. The lowest BCUT2D eigenvalue weighted by molar-refractivity contribution is -0.142. The summed E-state index contributed by atoms with van der Waals surface area (Å²) in [6.45, 7) is 1.12. The monoisotopic (exact) mass is 191 g/mol. The van der Waals surface area contributed by atoms with Crippen LogP contribution in [0.2, 0.25) is 0 Å². The van der Waals surface area contributed by atoms with Gasteiger partial charge in [-0.2, -0.15) is 0 Å². The second kappa shape index (κ2) is 6.24. The van der Waals surface area contributed by atoms with E-state index in [1.165, 1.54) is 14.0 Å². The van der Waals surface area contributed by atoms with Gasteiger partial charge in [-0.25, -0.2) is 9.59 Å². The van der Waals surface area contributed by atoms with Gasteiger partial charge in [-0.05, 0) is 6.92 Å². The number of alkyl carbamates (subject to hydrolysis) is 1. The van der Waals surface area contributed by atoms with Crippen LogP contribution in [0.15, 0.2) is 0 Å². The minimum atomic E-state index is -0.757. The molecule has 1 amide bonds. The lowest BCUT2D eigenvalue weighted by atomic mass is 10.3. The Morgan fingerprint density at radius 2 is 2.15 bits per heavy atom. The Kier molecular flexibility index (Phi) is 5.62. The molecule has 6 heteroatoms. The summed E-state index contributed by atoms with van der Waals surface area (Å²) in [7, 11) is 1.22. The lowest BCUT2D eigenvalue weighted by Gasteiger charge is -2.10. The lowest BCUT2D eigenvalue weighted by Crippen LogP contribution is -2.39. The topological polar surface area (TPSA) is 84.9 Å². The maximum Gasteiger partial charge on any atom is 0.407 e. The minimum absolute atomic E-state index is 0.0975. The van der Waals surface area contributed by atoms with Crippen LogP contribution in [-0.4, -0.2) is 43.5 Å². The number of carbonyl (C=O) groups is 2. The summed E-state index contributed by atoms with van der Waals surface area (Å²) < 4.78 is 8.81. The first-order valence-corrected chi connectivity index (χ1v) is 3.73. The Labute approximate surface area is 75.8 Å². The van der Waals surface area contributed by atoms with E-state index in [0.717, 1.165) is 0 Å². The average Bonchev–Trinajstić information content (AvgIpc) is 2.13. The van der Waals surface area contributed by atoms with Gasteiger partial charge in [-0.1, -0.05) is 0 Å². The summed E-state index contributed by atoms with van der Waals surface area (Å²) in [5.41, 5.74) is 0. The highest BCUT2D eigenvalue weighted by atomic mass is 16.6. The Bertz CT molecular complexity index is 182. The van der Waals surface area contributed by atoms with Crippen LogP contribution in [0.4, 0.5) is 4.79 Å². The highest BCUT2D eigenvalue weighted by molar-refractivity contribution is 5.80. The van der Waals surface area contributed by atoms with Crippen molar-refractivity contribution in [3.8, 4) is 0 Å². The second-order valence-corrected chi connectivity index (χ2v) is 2.25. The molecule has 2 N–H and O–H groups in total. The molecule has 0 rings (SSSR count). The van der Waals surface area contributed by atoms with Crippen LogP contribution in [0.1, 0.15) is 6.92 Å². The van der Waals surface area contributed by atoms with Crippen molar-refractivity contribution in [3.63, 3.8) is 0 Å². The first kappa shape index (κ1) is 11.7. The van der Waals surface area contributed by atoms with Crippen molar-refractivity contribution in [2.75, 3.05) is 20.3 Å². The smallest absolute Gasteiger partial charge is 0.407 e. The summed E-state index contributed by atoms with van der Waals surface area (Å²) in [4.78, 5) is 21.6. The van der Waals surface area contributed by atoms with Crippen molar-refractivity contribution in [2.24, 2.45) is 0 Å². The maximum atomic E-state index is 10.8. The fourth-order valence-electron chi connectivity index (χ4n) is 0.592. The number of aliphatic hydroxyl groups excluding tert-OH is 1. The Morgan fingerprint density at radius 3 is 2.62 bits per heavy atom. The summed E-state index contributed by atoms with van der Waals surface area (Å²) >= 11 is 0. The normalized spacial score (nSPS) is 11.6. The fourth-order valence-corrected chi connectivity index (χ4v) is 0.592. The van der Waals surface area contributed by atoms with Gasteiger partial charge in [0.1, 0.15) is 12.6 Å². The molecule has 0 fully saturated rings. The van der Waals surface area contributed by atoms with E-state index < -0.39 is 18.1 Å². The zero-order chi connectivity index (χ0) is 10.3. The van der Waals surface area contributed by atoms with E-state index in [0.29, 0.717) is 0 Å². The zero-order valence-corrected chi connectivity index (χ0v) is 7.57. The van der Waals surface area contributed by atoms with Gasteiger partial charge in [-0.3, -0.25) is 0 Å². The van der Waals surface area contributed by atoms with Gasteiger partial charge < -0.3 is 19.9 Å². The molecule has 0 saturated heterocycles. The van der Waals surface area contributed by atoms with Crippen LogP contribution >= 0.6 is 0 Å². The first-order valence-electron chi connectivity index (χ1n) is 3.73. The molecular formula is C7H13NO5. The molecule has 6 nitrogen and oxygen atoms in total. The molecule has 0 bridgehead atoms. The number of esters is 1. The van der Waals surface area contributed by atoms with E-state index in [-0.39, 0.29) is 13.2 Å². The molecule has 0 spiro atoms. The Morgan fingerprint density at radius 1 is 1.54 bits per heavy atom. The van der Waals surface area contributed by atoms with Crippen molar-refractivity contribution >= 4 is 12.1 Å². The predicted octanol–water partition coefficient (Wildman–Crippen LogP) is -0.734. The van der Waals surface area contributed by atoms with Crippen LogP contribution in [0.5, 0.6) is 0 Å². The number of aliphatic hydroxyl groups is 1. The van der Waals surface area contributed by atoms with Gasteiger partial charge >= 0.3 is 12.1 Å². The predicted molar refractivity (Wildman–Crippen MR) is 43.0 cm³/mol. The molecule has 1 atom stereocenters. The third-order valence-corrected chi connectivity index (χ3v) is 1.21. The molecular weight excluding hydrogens is 178 g/mol.